The van der Waals surface area contributed by atoms with Gasteiger partial charge in [0.1, 0.15) is 0 Å². The molecule has 0 aromatic carbocycles. The minimum atomic E-state index is -1.12. The van der Waals surface area contributed by atoms with E-state index in [4.69, 9.17) is 5.73 Å². The first kappa shape index (κ1) is 8.17. The number of rotatable bonds is 3. The zero-order valence-corrected chi connectivity index (χ0v) is 5.39. The molecule has 0 aromatic rings. The predicted octanol–water partition coefficient (Wildman–Crippen LogP) is -0.969. The maximum Gasteiger partial charge on any atom is 0.0668 e. The SMILES string of the molecule is CC(=CCCN)C(=O)[O-]. The Kier molecular flexibility index (Phi) is 3.71. The molecule has 52 valence electrons. The van der Waals surface area contributed by atoms with Crippen LogP contribution in [0.3, 0.4) is 0 Å². The van der Waals surface area contributed by atoms with Gasteiger partial charge in [0, 0.05) is 0 Å². The van der Waals surface area contributed by atoms with Crippen LogP contribution in [0.5, 0.6) is 0 Å². The first-order valence-electron chi connectivity index (χ1n) is 2.76. The van der Waals surface area contributed by atoms with Gasteiger partial charge in [0.2, 0.25) is 0 Å². The lowest BCUT2D eigenvalue weighted by Crippen LogP contribution is -2.23. The summed E-state index contributed by atoms with van der Waals surface area (Å²) in [6.07, 6.45) is 2.15. The van der Waals surface area contributed by atoms with Crippen LogP contribution in [0.15, 0.2) is 11.6 Å². The Morgan fingerprint density at radius 1 is 1.78 bits per heavy atom. The molecule has 0 saturated heterocycles. The van der Waals surface area contributed by atoms with Crippen LogP contribution in [0.1, 0.15) is 13.3 Å². The van der Waals surface area contributed by atoms with Gasteiger partial charge in [0.15, 0.2) is 0 Å². The number of carbonyl (C=O) groups is 1. The molecule has 0 rings (SSSR count). The van der Waals surface area contributed by atoms with Gasteiger partial charge in [0.05, 0.1) is 5.97 Å². The highest BCUT2D eigenvalue weighted by Crippen LogP contribution is 1.90. The van der Waals surface area contributed by atoms with E-state index in [1.54, 1.807) is 6.08 Å². The average molecular weight is 128 g/mol. The van der Waals surface area contributed by atoms with E-state index in [1.165, 1.54) is 6.92 Å². The molecule has 0 atom stereocenters. The molecule has 0 aromatic heterocycles. The minimum absolute atomic E-state index is 0.250. The number of carboxylic acid groups (broad SMARTS) is 1. The molecular formula is C6H10NO2-. The van der Waals surface area contributed by atoms with Crippen molar-refractivity contribution in [3.8, 4) is 0 Å². The highest BCUT2D eigenvalue weighted by atomic mass is 16.4. The molecule has 3 heteroatoms. The molecule has 0 saturated carbocycles. The summed E-state index contributed by atoms with van der Waals surface area (Å²) in [5.74, 6) is -1.12. The monoisotopic (exact) mass is 128 g/mol. The largest absolute Gasteiger partial charge is 0.545 e. The highest BCUT2D eigenvalue weighted by molar-refractivity contribution is 5.83. The normalized spacial score (nSPS) is 11.6. The topological polar surface area (TPSA) is 66.2 Å². The molecule has 0 heterocycles. The van der Waals surface area contributed by atoms with E-state index in [-0.39, 0.29) is 5.57 Å². The van der Waals surface area contributed by atoms with Crippen LogP contribution in [0.4, 0.5) is 0 Å². The fourth-order valence-electron chi connectivity index (χ4n) is 0.383. The van der Waals surface area contributed by atoms with Crippen LogP contribution >= 0.6 is 0 Å². The number of carbonyl (C=O) groups excluding carboxylic acids is 1. The van der Waals surface area contributed by atoms with E-state index in [2.05, 4.69) is 0 Å². The second-order valence-corrected chi connectivity index (χ2v) is 1.75. The Morgan fingerprint density at radius 2 is 2.33 bits per heavy atom. The van der Waals surface area contributed by atoms with E-state index < -0.39 is 5.97 Å². The van der Waals surface area contributed by atoms with Crippen molar-refractivity contribution in [3.05, 3.63) is 11.6 Å². The average Bonchev–Trinajstić information content (AvgIpc) is 1.82. The Morgan fingerprint density at radius 3 is 2.67 bits per heavy atom. The third-order valence-corrected chi connectivity index (χ3v) is 0.939. The third kappa shape index (κ3) is 3.73. The fourth-order valence-corrected chi connectivity index (χ4v) is 0.383. The molecule has 0 aliphatic rings. The van der Waals surface area contributed by atoms with Crippen LogP contribution in [-0.4, -0.2) is 12.5 Å². The minimum Gasteiger partial charge on any atom is -0.545 e. The lowest BCUT2D eigenvalue weighted by atomic mass is 10.2. The molecular weight excluding hydrogens is 118 g/mol. The van der Waals surface area contributed by atoms with Gasteiger partial charge in [-0.1, -0.05) is 6.08 Å². The zero-order chi connectivity index (χ0) is 7.28. The van der Waals surface area contributed by atoms with Crippen molar-refractivity contribution in [1.82, 2.24) is 0 Å². The quantitative estimate of drug-likeness (QED) is 0.497. The maximum absolute atomic E-state index is 9.98. The van der Waals surface area contributed by atoms with Crippen molar-refractivity contribution in [2.45, 2.75) is 13.3 Å². The summed E-state index contributed by atoms with van der Waals surface area (Å²) in [5.41, 5.74) is 5.37. The van der Waals surface area contributed by atoms with Crippen molar-refractivity contribution in [3.63, 3.8) is 0 Å². The van der Waals surface area contributed by atoms with Crippen LogP contribution < -0.4 is 10.8 Å². The highest BCUT2D eigenvalue weighted by Gasteiger charge is 1.85. The first-order chi connectivity index (χ1) is 4.18. The number of hydrogen-bond acceptors (Lipinski definition) is 3. The van der Waals surface area contributed by atoms with Crippen molar-refractivity contribution < 1.29 is 9.90 Å². The van der Waals surface area contributed by atoms with Crippen LogP contribution in [-0.2, 0) is 4.79 Å². The van der Waals surface area contributed by atoms with Crippen LogP contribution in [0.25, 0.3) is 0 Å². The summed E-state index contributed by atoms with van der Waals surface area (Å²) < 4.78 is 0. The van der Waals surface area contributed by atoms with Gasteiger partial charge >= 0.3 is 0 Å². The maximum atomic E-state index is 9.98. The van der Waals surface area contributed by atoms with E-state index in [9.17, 15) is 9.90 Å². The van der Waals surface area contributed by atoms with Crippen molar-refractivity contribution in [1.29, 1.82) is 0 Å². The standard InChI is InChI=1S/C6H11NO2/c1-5(6(8)9)3-2-4-7/h3H,2,4,7H2,1H3,(H,8,9)/p-1. The second kappa shape index (κ2) is 4.09. The Balaban J connectivity index is 3.69. The van der Waals surface area contributed by atoms with Crippen molar-refractivity contribution in [2.24, 2.45) is 5.73 Å². The summed E-state index contributed by atoms with van der Waals surface area (Å²) in [5, 5.41) is 9.98. The van der Waals surface area contributed by atoms with E-state index in [0.29, 0.717) is 13.0 Å². The van der Waals surface area contributed by atoms with Gasteiger partial charge in [0.25, 0.3) is 0 Å². The smallest absolute Gasteiger partial charge is 0.0668 e. The molecule has 0 bridgehead atoms. The van der Waals surface area contributed by atoms with E-state index in [1.807, 2.05) is 0 Å². The second-order valence-electron chi connectivity index (χ2n) is 1.75. The number of carboxylic acids is 1. The van der Waals surface area contributed by atoms with Crippen molar-refractivity contribution in [2.75, 3.05) is 6.54 Å². The van der Waals surface area contributed by atoms with Gasteiger partial charge in [-0.15, -0.1) is 0 Å². The number of aliphatic carboxylic acids is 1. The Hall–Kier alpha value is -0.830. The molecule has 0 amide bonds. The Bertz CT molecular complexity index is 129. The summed E-state index contributed by atoms with van der Waals surface area (Å²) in [4.78, 5) is 9.98. The van der Waals surface area contributed by atoms with Crippen LogP contribution in [0.2, 0.25) is 0 Å². The number of hydrogen-bond donors (Lipinski definition) is 1. The van der Waals surface area contributed by atoms with Gasteiger partial charge in [-0.2, -0.15) is 0 Å². The van der Waals surface area contributed by atoms with Gasteiger partial charge in [-0.25, -0.2) is 0 Å². The van der Waals surface area contributed by atoms with Gasteiger partial charge in [-0.3, -0.25) is 0 Å². The van der Waals surface area contributed by atoms with Crippen molar-refractivity contribution >= 4 is 5.97 Å². The molecule has 2 N–H and O–H groups in total. The molecule has 0 aliphatic heterocycles. The van der Waals surface area contributed by atoms with Gasteiger partial charge < -0.3 is 15.6 Å². The summed E-state index contributed by atoms with van der Waals surface area (Å²) in [6, 6.07) is 0. The molecule has 0 spiro atoms. The third-order valence-electron chi connectivity index (χ3n) is 0.939. The molecule has 0 radical (unpaired) electrons. The first-order valence-corrected chi connectivity index (χ1v) is 2.76. The molecule has 0 aliphatic carbocycles. The van der Waals surface area contributed by atoms with E-state index in [0.717, 1.165) is 0 Å². The molecule has 3 nitrogen and oxygen atoms in total. The lowest BCUT2D eigenvalue weighted by molar-refractivity contribution is -0.299. The summed E-state index contributed by atoms with van der Waals surface area (Å²) >= 11 is 0. The molecule has 0 fully saturated rings. The lowest BCUT2D eigenvalue weighted by Gasteiger charge is -1.99. The fraction of sp³-hybridized carbons (Fsp3) is 0.500. The van der Waals surface area contributed by atoms with Crippen LogP contribution in [0, 0.1) is 0 Å². The predicted molar refractivity (Wildman–Crippen MR) is 32.4 cm³/mol. The van der Waals surface area contributed by atoms with Gasteiger partial charge in [-0.05, 0) is 25.5 Å². The number of nitrogens with two attached hydrogens (primary N) is 1. The van der Waals surface area contributed by atoms with E-state index >= 15 is 0 Å². The zero-order valence-electron chi connectivity index (χ0n) is 5.39. The summed E-state index contributed by atoms with van der Waals surface area (Å²) in [6.45, 7) is 1.97. The summed E-state index contributed by atoms with van der Waals surface area (Å²) in [7, 11) is 0. The molecule has 0 unspecified atom stereocenters. The Labute approximate surface area is 54.2 Å². The molecule has 9 heavy (non-hydrogen) atoms.